The molecule has 0 aromatic heterocycles. The van der Waals surface area contributed by atoms with Crippen molar-refractivity contribution < 1.29 is 23.0 Å². The van der Waals surface area contributed by atoms with E-state index in [-0.39, 0.29) is 17.2 Å². The van der Waals surface area contributed by atoms with Crippen LogP contribution in [0.2, 0.25) is 0 Å². The Morgan fingerprint density at radius 1 is 1.32 bits per heavy atom. The van der Waals surface area contributed by atoms with Gasteiger partial charge in [0.2, 0.25) is 10.0 Å². The summed E-state index contributed by atoms with van der Waals surface area (Å²) in [6.07, 6.45) is -0.746. The standard InChI is InChI=1S/C12H19NO5S/c1-9(14)8-13(2)19(15,16)12-6-5-10(17-3)7-11(12)18-4/h5-7,9,14H,8H2,1-4H3. The molecule has 0 bridgehead atoms. The molecule has 19 heavy (non-hydrogen) atoms. The Labute approximate surface area is 113 Å². The third-order valence-corrected chi connectivity index (χ3v) is 4.44. The van der Waals surface area contributed by atoms with Crippen LogP contribution < -0.4 is 9.47 Å². The minimum atomic E-state index is -3.71. The lowest BCUT2D eigenvalue weighted by Crippen LogP contribution is -2.33. The zero-order valence-electron chi connectivity index (χ0n) is 11.5. The second-order valence-electron chi connectivity index (χ2n) is 4.15. The Hall–Kier alpha value is -1.31. The van der Waals surface area contributed by atoms with E-state index in [1.54, 1.807) is 6.07 Å². The molecule has 0 aliphatic heterocycles. The van der Waals surface area contributed by atoms with Gasteiger partial charge >= 0.3 is 0 Å². The van der Waals surface area contributed by atoms with E-state index in [4.69, 9.17) is 9.47 Å². The smallest absolute Gasteiger partial charge is 0.246 e. The number of aliphatic hydroxyl groups is 1. The van der Waals surface area contributed by atoms with E-state index < -0.39 is 16.1 Å². The number of ether oxygens (including phenoxy) is 2. The molecule has 0 heterocycles. The van der Waals surface area contributed by atoms with Gasteiger partial charge in [0.25, 0.3) is 0 Å². The molecule has 1 unspecified atom stereocenters. The molecule has 0 fully saturated rings. The maximum Gasteiger partial charge on any atom is 0.246 e. The summed E-state index contributed by atoms with van der Waals surface area (Å²) in [5.41, 5.74) is 0. The number of aliphatic hydroxyl groups excluding tert-OH is 1. The van der Waals surface area contributed by atoms with Crippen molar-refractivity contribution in [2.45, 2.75) is 17.9 Å². The first-order valence-electron chi connectivity index (χ1n) is 5.69. The number of hydrogen-bond donors (Lipinski definition) is 1. The molecule has 6 nitrogen and oxygen atoms in total. The third kappa shape index (κ3) is 3.59. The molecule has 1 aromatic carbocycles. The summed E-state index contributed by atoms with van der Waals surface area (Å²) in [5.74, 6) is 0.714. The summed E-state index contributed by atoms with van der Waals surface area (Å²) in [7, 11) is 0.579. The van der Waals surface area contributed by atoms with E-state index in [1.807, 2.05) is 0 Å². The van der Waals surface area contributed by atoms with E-state index in [1.165, 1.54) is 40.3 Å². The molecule has 0 radical (unpaired) electrons. The molecule has 7 heteroatoms. The topological polar surface area (TPSA) is 76.1 Å². The number of rotatable bonds is 6. The Kier molecular flexibility index (Phi) is 5.16. The number of likely N-dealkylation sites (N-methyl/N-ethyl adjacent to an activating group) is 1. The Balaban J connectivity index is 3.21. The SMILES string of the molecule is COc1ccc(S(=O)(=O)N(C)CC(C)O)c(OC)c1. The van der Waals surface area contributed by atoms with E-state index in [0.29, 0.717) is 5.75 Å². The molecule has 0 spiro atoms. The summed E-state index contributed by atoms with van der Waals surface area (Å²) < 4.78 is 35.9. The average molecular weight is 289 g/mol. The van der Waals surface area contributed by atoms with Gasteiger partial charge in [0.05, 0.1) is 20.3 Å². The van der Waals surface area contributed by atoms with Crippen LogP contribution in [0.3, 0.4) is 0 Å². The lowest BCUT2D eigenvalue weighted by Gasteiger charge is -2.20. The third-order valence-electron chi connectivity index (χ3n) is 2.58. The van der Waals surface area contributed by atoms with Crippen molar-refractivity contribution in [1.29, 1.82) is 0 Å². The zero-order chi connectivity index (χ0) is 14.6. The summed E-state index contributed by atoms with van der Waals surface area (Å²) in [4.78, 5) is 0.0407. The number of sulfonamides is 1. The maximum atomic E-state index is 12.3. The van der Waals surface area contributed by atoms with Gasteiger partial charge < -0.3 is 14.6 Å². The maximum absolute atomic E-state index is 12.3. The first-order chi connectivity index (χ1) is 8.82. The van der Waals surface area contributed by atoms with Crippen LogP contribution >= 0.6 is 0 Å². The minimum absolute atomic E-state index is 0.0114. The van der Waals surface area contributed by atoms with E-state index in [9.17, 15) is 13.5 Å². The van der Waals surface area contributed by atoms with Crippen LogP contribution in [0.1, 0.15) is 6.92 Å². The van der Waals surface area contributed by atoms with Gasteiger partial charge in [-0.2, -0.15) is 4.31 Å². The van der Waals surface area contributed by atoms with Crippen molar-refractivity contribution in [3.8, 4) is 11.5 Å². The van der Waals surface area contributed by atoms with Crippen LogP contribution in [0.4, 0.5) is 0 Å². The predicted molar refractivity (Wildman–Crippen MR) is 71.0 cm³/mol. The van der Waals surface area contributed by atoms with Crippen molar-refractivity contribution >= 4 is 10.0 Å². The number of methoxy groups -OCH3 is 2. The van der Waals surface area contributed by atoms with Crippen molar-refractivity contribution in [2.24, 2.45) is 0 Å². The highest BCUT2D eigenvalue weighted by atomic mass is 32.2. The second-order valence-corrected chi connectivity index (χ2v) is 6.16. The Morgan fingerprint density at radius 3 is 2.42 bits per heavy atom. The fourth-order valence-corrected chi connectivity index (χ4v) is 3.01. The molecule has 0 saturated carbocycles. The van der Waals surface area contributed by atoms with E-state index in [2.05, 4.69) is 0 Å². The Morgan fingerprint density at radius 2 is 1.95 bits per heavy atom. The van der Waals surface area contributed by atoms with Gasteiger partial charge in [-0.05, 0) is 19.1 Å². The minimum Gasteiger partial charge on any atom is -0.497 e. The first kappa shape index (κ1) is 15.7. The van der Waals surface area contributed by atoms with Crippen molar-refractivity contribution in [2.75, 3.05) is 27.8 Å². The molecule has 108 valence electrons. The first-order valence-corrected chi connectivity index (χ1v) is 7.13. The monoisotopic (exact) mass is 289 g/mol. The fourth-order valence-electron chi connectivity index (χ4n) is 1.63. The van der Waals surface area contributed by atoms with Crippen LogP contribution in [-0.2, 0) is 10.0 Å². The zero-order valence-corrected chi connectivity index (χ0v) is 12.3. The molecule has 0 amide bonds. The van der Waals surface area contributed by atoms with Crippen LogP contribution in [0.5, 0.6) is 11.5 Å². The molecule has 0 aliphatic rings. The highest BCUT2D eigenvalue weighted by molar-refractivity contribution is 7.89. The van der Waals surface area contributed by atoms with E-state index in [0.717, 1.165) is 4.31 Å². The highest BCUT2D eigenvalue weighted by Gasteiger charge is 2.25. The molecule has 1 N–H and O–H groups in total. The summed E-state index contributed by atoms with van der Waals surface area (Å²) in [6.45, 7) is 1.54. The summed E-state index contributed by atoms with van der Waals surface area (Å²) >= 11 is 0. The quantitative estimate of drug-likeness (QED) is 0.834. The molecule has 1 aromatic rings. The molecule has 1 atom stereocenters. The van der Waals surface area contributed by atoms with Crippen molar-refractivity contribution in [1.82, 2.24) is 4.31 Å². The molecular weight excluding hydrogens is 270 g/mol. The fraction of sp³-hybridized carbons (Fsp3) is 0.500. The van der Waals surface area contributed by atoms with Gasteiger partial charge in [0, 0.05) is 19.7 Å². The Bertz CT molecular complexity index is 527. The molecule has 1 rings (SSSR count). The van der Waals surface area contributed by atoms with Crippen LogP contribution in [0, 0.1) is 0 Å². The normalized spacial score (nSPS) is 13.4. The van der Waals surface area contributed by atoms with Crippen LogP contribution in [0.25, 0.3) is 0 Å². The predicted octanol–water partition coefficient (Wildman–Crippen LogP) is 0.705. The molecule has 0 aliphatic carbocycles. The average Bonchev–Trinajstić information content (AvgIpc) is 2.36. The number of hydrogen-bond acceptors (Lipinski definition) is 5. The lowest BCUT2D eigenvalue weighted by molar-refractivity contribution is 0.171. The largest absolute Gasteiger partial charge is 0.497 e. The lowest BCUT2D eigenvalue weighted by atomic mass is 10.3. The molecular formula is C12H19NO5S. The molecule has 0 saturated heterocycles. The van der Waals surface area contributed by atoms with E-state index >= 15 is 0 Å². The van der Waals surface area contributed by atoms with Gasteiger partial charge in [-0.15, -0.1) is 0 Å². The van der Waals surface area contributed by atoms with Gasteiger partial charge in [-0.25, -0.2) is 8.42 Å². The van der Waals surface area contributed by atoms with Gasteiger partial charge in [-0.1, -0.05) is 0 Å². The van der Waals surface area contributed by atoms with Gasteiger partial charge in [0.15, 0.2) is 0 Å². The van der Waals surface area contributed by atoms with Crippen molar-refractivity contribution in [3.63, 3.8) is 0 Å². The number of benzene rings is 1. The van der Waals surface area contributed by atoms with Crippen LogP contribution in [0.15, 0.2) is 23.1 Å². The summed E-state index contributed by atoms with van der Waals surface area (Å²) in [5, 5.41) is 9.28. The van der Waals surface area contributed by atoms with Gasteiger partial charge in [-0.3, -0.25) is 0 Å². The summed E-state index contributed by atoms with van der Waals surface area (Å²) in [6, 6.07) is 4.47. The van der Waals surface area contributed by atoms with Gasteiger partial charge in [0.1, 0.15) is 16.4 Å². The number of nitrogens with zero attached hydrogens (tertiary/aromatic N) is 1. The van der Waals surface area contributed by atoms with Crippen molar-refractivity contribution in [3.05, 3.63) is 18.2 Å². The second kappa shape index (κ2) is 6.23. The van der Waals surface area contributed by atoms with Crippen LogP contribution in [-0.4, -0.2) is 51.7 Å². The highest BCUT2D eigenvalue weighted by Crippen LogP contribution is 2.30.